The van der Waals surface area contributed by atoms with Crippen molar-refractivity contribution in [3.8, 4) is 22.7 Å². The average Bonchev–Trinajstić information content (AvgIpc) is 3.13. The summed E-state index contributed by atoms with van der Waals surface area (Å²) in [6.07, 6.45) is 0. The number of hydrogen-bond acceptors (Lipinski definition) is 4. The van der Waals surface area contributed by atoms with Crippen LogP contribution in [0.2, 0.25) is 5.02 Å². The lowest BCUT2D eigenvalue weighted by Gasteiger charge is -2.05. The normalized spacial score (nSPS) is 11.2. The number of benzene rings is 1. The largest absolute Gasteiger partial charge is 0.458 e. The summed E-state index contributed by atoms with van der Waals surface area (Å²) in [5.74, 6) is 2.44. The zero-order valence-electron chi connectivity index (χ0n) is 12.3. The first-order valence-electron chi connectivity index (χ1n) is 7.09. The Labute approximate surface area is 137 Å². The minimum Gasteiger partial charge on any atom is -0.458 e. The molecule has 0 unspecified atom stereocenters. The molecule has 0 bridgehead atoms. The highest BCUT2D eigenvalue weighted by Crippen LogP contribution is 2.27. The molecule has 0 aliphatic rings. The molecule has 23 heavy (non-hydrogen) atoms. The van der Waals surface area contributed by atoms with Crippen LogP contribution in [0.15, 0.2) is 52.9 Å². The van der Waals surface area contributed by atoms with E-state index in [9.17, 15) is 0 Å². The van der Waals surface area contributed by atoms with Crippen LogP contribution in [0, 0.1) is 6.92 Å². The Bertz CT molecular complexity index is 1020. The number of aryl methyl sites for hydroxylation is 1. The average molecular weight is 325 g/mol. The summed E-state index contributed by atoms with van der Waals surface area (Å²) in [6, 6.07) is 15.1. The molecule has 0 fully saturated rings. The Kier molecular flexibility index (Phi) is 3.09. The van der Waals surface area contributed by atoms with E-state index in [1.807, 2.05) is 55.5 Å². The molecule has 0 saturated heterocycles. The first-order chi connectivity index (χ1) is 11.1. The third-order valence-corrected chi connectivity index (χ3v) is 3.82. The monoisotopic (exact) mass is 324 g/mol. The van der Waals surface area contributed by atoms with Gasteiger partial charge in [0.25, 0.3) is 0 Å². The van der Waals surface area contributed by atoms with E-state index in [0.29, 0.717) is 28.1 Å². The van der Waals surface area contributed by atoms with Crippen LogP contribution in [-0.4, -0.2) is 14.6 Å². The SMILES string of the molecule is Cc1ccc(-c2nc3cc(-c4cccc(Cl)c4)cc(N)n3n2)o1. The first kappa shape index (κ1) is 13.8. The summed E-state index contributed by atoms with van der Waals surface area (Å²) < 4.78 is 7.17. The second-order valence-corrected chi connectivity index (χ2v) is 5.73. The molecular weight excluding hydrogens is 312 g/mol. The number of pyridine rings is 1. The van der Waals surface area contributed by atoms with Crippen LogP contribution < -0.4 is 5.73 Å². The van der Waals surface area contributed by atoms with Gasteiger partial charge in [0.1, 0.15) is 11.6 Å². The van der Waals surface area contributed by atoms with Crippen LogP contribution >= 0.6 is 11.6 Å². The molecule has 1 aromatic carbocycles. The van der Waals surface area contributed by atoms with Crippen molar-refractivity contribution in [1.29, 1.82) is 0 Å². The molecule has 2 N–H and O–H groups in total. The molecule has 0 atom stereocenters. The van der Waals surface area contributed by atoms with Crippen molar-refractivity contribution in [2.24, 2.45) is 0 Å². The molecule has 4 rings (SSSR count). The highest BCUT2D eigenvalue weighted by atomic mass is 35.5. The third-order valence-electron chi connectivity index (χ3n) is 3.58. The van der Waals surface area contributed by atoms with Crippen molar-refractivity contribution in [3.63, 3.8) is 0 Å². The van der Waals surface area contributed by atoms with Crippen LogP contribution in [0.5, 0.6) is 0 Å². The van der Waals surface area contributed by atoms with Gasteiger partial charge in [-0.2, -0.15) is 4.52 Å². The van der Waals surface area contributed by atoms with Crippen LogP contribution in [-0.2, 0) is 0 Å². The van der Waals surface area contributed by atoms with Gasteiger partial charge in [0.2, 0.25) is 5.82 Å². The van der Waals surface area contributed by atoms with Gasteiger partial charge in [-0.3, -0.25) is 0 Å². The van der Waals surface area contributed by atoms with E-state index >= 15 is 0 Å². The van der Waals surface area contributed by atoms with Crippen LogP contribution in [0.25, 0.3) is 28.4 Å². The van der Waals surface area contributed by atoms with E-state index in [0.717, 1.165) is 16.9 Å². The van der Waals surface area contributed by atoms with Crippen molar-refractivity contribution in [1.82, 2.24) is 14.6 Å². The molecule has 3 aromatic heterocycles. The summed E-state index contributed by atoms with van der Waals surface area (Å²) in [5.41, 5.74) is 8.70. The maximum absolute atomic E-state index is 6.13. The molecule has 6 heteroatoms. The fourth-order valence-corrected chi connectivity index (χ4v) is 2.69. The quantitative estimate of drug-likeness (QED) is 0.600. The molecule has 5 nitrogen and oxygen atoms in total. The van der Waals surface area contributed by atoms with Crippen LogP contribution in [0.4, 0.5) is 5.82 Å². The van der Waals surface area contributed by atoms with E-state index in [1.165, 1.54) is 0 Å². The Morgan fingerprint density at radius 2 is 1.96 bits per heavy atom. The summed E-state index contributed by atoms with van der Waals surface area (Å²) in [5, 5.41) is 5.08. The van der Waals surface area contributed by atoms with E-state index in [2.05, 4.69) is 10.1 Å². The minimum atomic E-state index is 0.500. The number of nitrogens with zero attached hydrogens (tertiary/aromatic N) is 3. The van der Waals surface area contributed by atoms with E-state index in [4.69, 9.17) is 21.8 Å². The van der Waals surface area contributed by atoms with Gasteiger partial charge in [-0.25, -0.2) is 4.98 Å². The minimum absolute atomic E-state index is 0.500. The fraction of sp³-hybridized carbons (Fsp3) is 0.0588. The van der Waals surface area contributed by atoms with Gasteiger partial charge in [0.15, 0.2) is 11.4 Å². The van der Waals surface area contributed by atoms with Crippen molar-refractivity contribution >= 4 is 23.1 Å². The molecule has 0 amide bonds. The van der Waals surface area contributed by atoms with Crippen LogP contribution in [0.1, 0.15) is 5.76 Å². The van der Waals surface area contributed by atoms with Gasteiger partial charge in [-0.05, 0) is 54.4 Å². The first-order valence-corrected chi connectivity index (χ1v) is 7.47. The van der Waals surface area contributed by atoms with Gasteiger partial charge in [0.05, 0.1) is 0 Å². The highest BCUT2D eigenvalue weighted by molar-refractivity contribution is 6.30. The lowest BCUT2D eigenvalue weighted by atomic mass is 10.1. The number of aromatic nitrogens is 3. The Hall–Kier alpha value is -2.79. The third kappa shape index (κ3) is 2.45. The second kappa shape index (κ2) is 5.14. The fourth-order valence-electron chi connectivity index (χ4n) is 2.50. The molecule has 114 valence electrons. The van der Waals surface area contributed by atoms with E-state index < -0.39 is 0 Å². The number of furan rings is 1. The van der Waals surface area contributed by atoms with Crippen molar-refractivity contribution < 1.29 is 4.42 Å². The summed E-state index contributed by atoms with van der Waals surface area (Å²) in [7, 11) is 0. The van der Waals surface area contributed by atoms with Gasteiger partial charge in [-0.1, -0.05) is 23.7 Å². The van der Waals surface area contributed by atoms with E-state index in [-0.39, 0.29) is 0 Å². The molecule has 0 radical (unpaired) electrons. The Balaban J connectivity index is 1.87. The topological polar surface area (TPSA) is 69.3 Å². The van der Waals surface area contributed by atoms with Crippen molar-refractivity contribution in [3.05, 3.63) is 59.3 Å². The number of anilines is 1. The molecule has 3 heterocycles. The predicted octanol–water partition coefficient (Wildman–Crippen LogP) is 4.20. The molecule has 0 aliphatic heterocycles. The smallest absolute Gasteiger partial charge is 0.217 e. The maximum atomic E-state index is 6.13. The molecule has 0 aliphatic carbocycles. The lowest BCUT2D eigenvalue weighted by molar-refractivity contribution is 0.544. The Morgan fingerprint density at radius 1 is 1.09 bits per heavy atom. The maximum Gasteiger partial charge on any atom is 0.217 e. The number of hydrogen-bond donors (Lipinski definition) is 1. The summed E-state index contributed by atoms with van der Waals surface area (Å²) in [6.45, 7) is 1.88. The lowest BCUT2D eigenvalue weighted by Crippen LogP contribution is -1.99. The number of halogens is 1. The number of rotatable bonds is 2. The Morgan fingerprint density at radius 3 is 2.70 bits per heavy atom. The zero-order valence-corrected chi connectivity index (χ0v) is 13.1. The molecular formula is C17H13ClN4O. The van der Waals surface area contributed by atoms with Gasteiger partial charge < -0.3 is 10.2 Å². The highest BCUT2D eigenvalue weighted by Gasteiger charge is 2.13. The zero-order chi connectivity index (χ0) is 16.0. The van der Waals surface area contributed by atoms with Crippen LogP contribution in [0.3, 0.4) is 0 Å². The number of fused-ring (bicyclic) bond motifs is 1. The standard InChI is InChI=1S/C17H13ClN4O/c1-10-5-6-14(23-10)17-20-16-9-12(8-15(19)22(16)21-17)11-3-2-4-13(18)7-11/h2-9H,19H2,1H3. The molecule has 4 aromatic rings. The molecule has 0 spiro atoms. The van der Waals surface area contributed by atoms with Gasteiger partial charge in [-0.15, -0.1) is 5.10 Å². The van der Waals surface area contributed by atoms with Crippen molar-refractivity contribution in [2.75, 3.05) is 5.73 Å². The summed E-state index contributed by atoms with van der Waals surface area (Å²) in [4.78, 5) is 4.51. The van der Waals surface area contributed by atoms with Crippen molar-refractivity contribution in [2.45, 2.75) is 6.92 Å². The predicted molar refractivity (Wildman–Crippen MR) is 90.3 cm³/mol. The second-order valence-electron chi connectivity index (χ2n) is 5.29. The molecule has 0 saturated carbocycles. The summed E-state index contributed by atoms with van der Waals surface area (Å²) >= 11 is 6.06. The number of nitrogens with two attached hydrogens (primary N) is 1. The van der Waals surface area contributed by atoms with Gasteiger partial charge >= 0.3 is 0 Å². The van der Waals surface area contributed by atoms with E-state index in [1.54, 1.807) is 4.52 Å². The van der Waals surface area contributed by atoms with Gasteiger partial charge in [0, 0.05) is 5.02 Å². The number of nitrogen functional groups attached to an aromatic ring is 1.